The number of urea groups is 1. The van der Waals surface area contributed by atoms with Crippen LogP contribution in [0.2, 0.25) is 0 Å². The van der Waals surface area contributed by atoms with Gasteiger partial charge in [0.05, 0.1) is 6.04 Å². The molecule has 1 N–H and O–H groups in total. The van der Waals surface area contributed by atoms with Gasteiger partial charge in [0.25, 0.3) is 11.8 Å². The Kier molecular flexibility index (Phi) is 3.44. The molecule has 7 nitrogen and oxygen atoms in total. The number of rotatable bonds is 1. The fourth-order valence-corrected chi connectivity index (χ4v) is 3.80. The second-order valence-corrected chi connectivity index (χ2v) is 6.64. The third kappa shape index (κ3) is 2.31. The molecule has 1 aromatic rings. The summed E-state index contributed by atoms with van der Waals surface area (Å²) >= 11 is 0. The molecule has 0 aliphatic carbocycles. The number of nitrogens with one attached hydrogen (secondary N) is 1. The molecule has 2 saturated heterocycles. The van der Waals surface area contributed by atoms with Crippen LogP contribution in [0.4, 0.5) is 4.79 Å². The minimum atomic E-state index is -0.0728. The Morgan fingerprint density at radius 3 is 2.88 bits per heavy atom. The van der Waals surface area contributed by atoms with E-state index in [0.717, 1.165) is 12.0 Å². The first-order chi connectivity index (χ1) is 11.5. The van der Waals surface area contributed by atoms with Gasteiger partial charge in [0.1, 0.15) is 0 Å². The molecule has 7 heteroatoms. The first-order valence-electron chi connectivity index (χ1n) is 8.27. The van der Waals surface area contributed by atoms with Crippen molar-refractivity contribution in [3.8, 4) is 0 Å². The molecule has 1 atom stereocenters. The summed E-state index contributed by atoms with van der Waals surface area (Å²) in [6.45, 7) is 2.96. The van der Waals surface area contributed by atoms with E-state index in [1.807, 2.05) is 15.9 Å². The van der Waals surface area contributed by atoms with Crippen molar-refractivity contribution in [3.05, 3.63) is 34.9 Å². The van der Waals surface area contributed by atoms with Gasteiger partial charge in [-0.15, -0.1) is 0 Å². The van der Waals surface area contributed by atoms with Crippen LogP contribution in [0.5, 0.6) is 0 Å². The average molecular weight is 328 g/mol. The fraction of sp³-hybridized carbons (Fsp3) is 0.471. The molecule has 3 aliphatic heterocycles. The normalized spacial score (nSPS) is 23.0. The number of hydrogen-bond acceptors (Lipinski definition) is 3. The van der Waals surface area contributed by atoms with Crippen LogP contribution in [0.25, 0.3) is 0 Å². The van der Waals surface area contributed by atoms with Crippen LogP contribution in [0, 0.1) is 0 Å². The van der Waals surface area contributed by atoms with Crippen LogP contribution in [-0.4, -0.2) is 78.4 Å². The Balaban J connectivity index is 1.52. The van der Waals surface area contributed by atoms with Crippen molar-refractivity contribution in [2.75, 3.05) is 39.8 Å². The van der Waals surface area contributed by atoms with Gasteiger partial charge in [-0.05, 0) is 30.2 Å². The number of carbonyl (C=O) groups is 3. The third-order valence-corrected chi connectivity index (χ3v) is 5.10. The van der Waals surface area contributed by atoms with Crippen molar-refractivity contribution in [2.24, 2.45) is 0 Å². The van der Waals surface area contributed by atoms with Gasteiger partial charge >= 0.3 is 6.03 Å². The smallest absolute Gasteiger partial charge is 0.320 e. The molecular weight excluding hydrogens is 308 g/mol. The highest BCUT2D eigenvalue weighted by molar-refractivity contribution is 6.00. The van der Waals surface area contributed by atoms with E-state index < -0.39 is 0 Å². The molecule has 2 fully saturated rings. The Bertz CT molecular complexity index is 733. The second kappa shape index (κ2) is 5.51. The van der Waals surface area contributed by atoms with E-state index in [1.165, 1.54) is 0 Å². The minimum Gasteiger partial charge on any atom is -0.352 e. The maximum Gasteiger partial charge on any atom is 0.320 e. The van der Waals surface area contributed by atoms with Crippen molar-refractivity contribution in [3.63, 3.8) is 0 Å². The highest BCUT2D eigenvalue weighted by Crippen LogP contribution is 2.22. The van der Waals surface area contributed by atoms with E-state index in [1.54, 1.807) is 24.1 Å². The van der Waals surface area contributed by atoms with Crippen molar-refractivity contribution in [1.29, 1.82) is 0 Å². The topological polar surface area (TPSA) is 73.0 Å². The van der Waals surface area contributed by atoms with E-state index in [-0.39, 0.29) is 23.9 Å². The van der Waals surface area contributed by atoms with E-state index in [9.17, 15) is 14.4 Å². The summed E-state index contributed by atoms with van der Waals surface area (Å²) in [6, 6.07) is 5.43. The molecule has 3 heterocycles. The summed E-state index contributed by atoms with van der Waals surface area (Å²) in [6.07, 6.45) is 0.748. The lowest BCUT2D eigenvalue weighted by Gasteiger charge is -2.36. The van der Waals surface area contributed by atoms with Crippen molar-refractivity contribution >= 4 is 17.8 Å². The first kappa shape index (κ1) is 15.0. The zero-order valence-electron chi connectivity index (χ0n) is 13.6. The van der Waals surface area contributed by atoms with E-state index in [2.05, 4.69) is 5.32 Å². The molecule has 0 spiro atoms. The lowest BCUT2D eigenvalue weighted by Crippen LogP contribution is -2.53. The Hall–Kier alpha value is -2.57. The monoisotopic (exact) mass is 328 g/mol. The number of hydrogen-bond donors (Lipinski definition) is 1. The summed E-state index contributed by atoms with van der Waals surface area (Å²) in [5, 5.41) is 2.81. The van der Waals surface area contributed by atoms with Crippen LogP contribution < -0.4 is 5.32 Å². The Morgan fingerprint density at radius 2 is 2.04 bits per heavy atom. The maximum atomic E-state index is 12.8. The molecular formula is C17H20N4O3. The summed E-state index contributed by atoms with van der Waals surface area (Å²) < 4.78 is 0. The highest BCUT2D eigenvalue weighted by atomic mass is 16.2. The van der Waals surface area contributed by atoms with Gasteiger partial charge < -0.3 is 20.0 Å². The number of nitrogens with zero attached hydrogens (tertiary/aromatic N) is 3. The standard InChI is InChI=1S/C17H20N4O3/c1-19-9-13-10-20(6-7-21(13)17(19)24)16(23)12-2-3-14-11(8-12)4-5-18-15(14)22/h2-3,8,13H,4-7,9-10H2,1H3,(H,18,22). The molecule has 0 aromatic heterocycles. The van der Waals surface area contributed by atoms with Crippen LogP contribution in [0.3, 0.4) is 0 Å². The lowest BCUT2D eigenvalue weighted by atomic mass is 9.97. The molecule has 0 radical (unpaired) electrons. The molecule has 4 rings (SSSR count). The number of fused-ring (bicyclic) bond motifs is 2. The summed E-state index contributed by atoms with van der Waals surface area (Å²) in [5.41, 5.74) is 2.21. The second-order valence-electron chi connectivity index (χ2n) is 6.64. The lowest BCUT2D eigenvalue weighted by molar-refractivity contribution is 0.0616. The number of carbonyl (C=O) groups excluding carboxylic acids is 3. The number of benzene rings is 1. The predicted molar refractivity (Wildman–Crippen MR) is 86.9 cm³/mol. The van der Waals surface area contributed by atoms with Gasteiger partial charge in [0.2, 0.25) is 0 Å². The summed E-state index contributed by atoms with van der Waals surface area (Å²) in [7, 11) is 1.79. The fourth-order valence-electron chi connectivity index (χ4n) is 3.80. The largest absolute Gasteiger partial charge is 0.352 e. The SMILES string of the molecule is CN1CC2CN(C(=O)c3ccc4c(c3)CCNC4=O)CCN2C1=O. The zero-order chi connectivity index (χ0) is 16.8. The molecule has 126 valence electrons. The zero-order valence-corrected chi connectivity index (χ0v) is 13.6. The van der Waals surface area contributed by atoms with Gasteiger partial charge in [0.15, 0.2) is 0 Å². The van der Waals surface area contributed by atoms with Crippen LogP contribution >= 0.6 is 0 Å². The Morgan fingerprint density at radius 1 is 1.21 bits per heavy atom. The molecule has 24 heavy (non-hydrogen) atoms. The summed E-state index contributed by atoms with van der Waals surface area (Å²) in [5.74, 6) is -0.0956. The molecule has 0 saturated carbocycles. The Labute approximate surface area is 140 Å². The molecule has 1 unspecified atom stereocenters. The van der Waals surface area contributed by atoms with E-state index in [4.69, 9.17) is 0 Å². The molecule has 3 aliphatic rings. The quantitative estimate of drug-likeness (QED) is 0.798. The van der Waals surface area contributed by atoms with Gasteiger partial charge in [-0.3, -0.25) is 9.59 Å². The van der Waals surface area contributed by atoms with E-state index >= 15 is 0 Å². The predicted octanol–water partition coefficient (Wildman–Crippen LogP) is 0.164. The third-order valence-electron chi connectivity index (χ3n) is 5.10. The van der Waals surface area contributed by atoms with Crippen LogP contribution in [0.15, 0.2) is 18.2 Å². The summed E-state index contributed by atoms with van der Waals surface area (Å²) in [4.78, 5) is 42.0. The van der Waals surface area contributed by atoms with Crippen molar-refractivity contribution in [2.45, 2.75) is 12.5 Å². The van der Waals surface area contributed by atoms with Gasteiger partial charge in [0, 0.05) is 50.9 Å². The van der Waals surface area contributed by atoms with Gasteiger partial charge in [-0.1, -0.05) is 0 Å². The number of likely N-dealkylation sites (N-methyl/N-ethyl adjacent to an activating group) is 1. The maximum absolute atomic E-state index is 12.8. The van der Waals surface area contributed by atoms with Crippen LogP contribution in [0.1, 0.15) is 26.3 Å². The number of piperazine rings is 1. The first-order valence-corrected chi connectivity index (χ1v) is 8.27. The molecule has 1 aromatic carbocycles. The highest BCUT2D eigenvalue weighted by Gasteiger charge is 2.40. The van der Waals surface area contributed by atoms with Crippen molar-refractivity contribution in [1.82, 2.24) is 20.0 Å². The minimum absolute atomic E-state index is 0.0227. The van der Waals surface area contributed by atoms with Gasteiger partial charge in [-0.25, -0.2) is 4.79 Å². The van der Waals surface area contributed by atoms with Crippen molar-refractivity contribution < 1.29 is 14.4 Å². The molecule has 0 bridgehead atoms. The number of amides is 4. The molecule has 4 amide bonds. The average Bonchev–Trinajstić information content (AvgIpc) is 2.88. The van der Waals surface area contributed by atoms with Gasteiger partial charge in [-0.2, -0.15) is 0 Å². The van der Waals surface area contributed by atoms with E-state index in [0.29, 0.717) is 43.9 Å². The van der Waals surface area contributed by atoms with Crippen LogP contribution in [-0.2, 0) is 6.42 Å².